The molecule has 0 radical (unpaired) electrons. The molecule has 2 aromatic rings. The van der Waals surface area contributed by atoms with Crippen LogP contribution < -0.4 is 10.1 Å². The zero-order valence-electron chi connectivity index (χ0n) is 15.5. The van der Waals surface area contributed by atoms with Crippen LogP contribution in [0, 0.1) is 5.92 Å². The Balaban J connectivity index is 1.67. The predicted octanol–water partition coefficient (Wildman–Crippen LogP) is 3.11. The first kappa shape index (κ1) is 19.9. The van der Waals surface area contributed by atoms with Gasteiger partial charge in [0.2, 0.25) is 0 Å². The second kappa shape index (κ2) is 8.41. The molecule has 1 fully saturated rings. The highest BCUT2D eigenvalue weighted by Gasteiger charge is 2.29. The molecule has 0 atom stereocenters. The van der Waals surface area contributed by atoms with Gasteiger partial charge in [-0.05, 0) is 37.0 Å². The number of methoxy groups -OCH3 is 1. The Kier molecular flexibility index (Phi) is 6.18. The predicted molar refractivity (Wildman–Crippen MR) is 106 cm³/mol. The topological polar surface area (TPSA) is 75.7 Å². The molecule has 1 aromatic carbocycles. The molecular formula is C19H24N2O4S2. The van der Waals surface area contributed by atoms with Crippen molar-refractivity contribution in [3.05, 3.63) is 46.8 Å². The lowest BCUT2D eigenvalue weighted by molar-refractivity contribution is 0.0954. The van der Waals surface area contributed by atoms with Crippen LogP contribution >= 0.6 is 11.3 Å². The number of carbonyl (C=O) groups excluding carboxylic acids is 1. The van der Waals surface area contributed by atoms with Crippen molar-refractivity contribution in [3.8, 4) is 5.75 Å². The fourth-order valence-electron chi connectivity index (χ4n) is 3.04. The van der Waals surface area contributed by atoms with Gasteiger partial charge in [0.1, 0.15) is 9.96 Å². The Hall–Kier alpha value is -1.90. The summed E-state index contributed by atoms with van der Waals surface area (Å²) < 4.78 is 32.6. The molecule has 146 valence electrons. The maximum absolute atomic E-state index is 12.8. The van der Waals surface area contributed by atoms with Crippen LogP contribution in [0.4, 0.5) is 0 Å². The monoisotopic (exact) mass is 408 g/mol. The van der Waals surface area contributed by atoms with Crippen molar-refractivity contribution < 1.29 is 17.9 Å². The van der Waals surface area contributed by atoms with Crippen LogP contribution in [0.1, 0.15) is 35.0 Å². The summed E-state index contributed by atoms with van der Waals surface area (Å²) in [5.74, 6) is 0.960. The van der Waals surface area contributed by atoms with E-state index in [0.717, 1.165) is 29.7 Å². The van der Waals surface area contributed by atoms with Crippen molar-refractivity contribution in [2.24, 2.45) is 5.92 Å². The number of benzene rings is 1. The molecule has 1 amide bonds. The SMILES string of the molecule is COc1ccccc1CNC(=O)c1ccc(S(=O)(=O)N2CCC(C)CC2)s1. The van der Waals surface area contributed by atoms with Crippen molar-refractivity contribution in [1.82, 2.24) is 9.62 Å². The Morgan fingerprint density at radius 1 is 1.22 bits per heavy atom. The minimum absolute atomic E-state index is 0.222. The molecule has 0 spiro atoms. The molecule has 1 aliphatic heterocycles. The highest BCUT2D eigenvalue weighted by atomic mass is 32.2. The molecule has 1 aliphatic rings. The number of piperidine rings is 1. The molecule has 0 aliphatic carbocycles. The molecule has 1 N–H and O–H groups in total. The van der Waals surface area contributed by atoms with Gasteiger partial charge in [-0.2, -0.15) is 4.31 Å². The summed E-state index contributed by atoms with van der Waals surface area (Å²) in [7, 11) is -1.94. The number of carbonyl (C=O) groups is 1. The number of hydrogen-bond acceptors (Lipinski definition) is 5. The third-order valence-electron chi connectivity index (χ3n) is 4.77. The lowest BCUT2D eigenvalue weighted by Gasteiger charge is -2.28. The minimum atomic E-state index is -3.52. The first-order valence-electron chi connectivity index (χ1n) is 8.92. The van der Waals surface area contributed by atoms with Crippen LogP contribution in [0.25, 0.3) is 0 Å². The smallest absolute Gasteiger partial charge is 0.261 e. The third-order valence-corrected chi connectivity index (χ3v) is 8.22. The van der Waals surface area contributed by atoms with Gasteiger partial charge in [-0.25, -0.2) is 8.42 Å². The molecular weight excluding hydrogens is 384 g/mol. The van der Waals surface area contributed by atoms with E-state index >= 15 is 0 Å². The number of sulfonamides is 1. The van der Waals surface area contributed by atoms with Crippen LogP contribution in [0.3, 0.4) is 0 Å². The number of amides is 1. The zero-order valence-corrected chi connectivity index (χ0v) is 17.1. The number of ether oxygens (including phenoxy) is 1. The van der Waals surface area contributed by atoms with Crippen molar-refractivity contribution in [3.63, 3.8) is 0 Å². The Morgan fingerprint density at radius 3 is 2.63 bits per heavy atom. The number of thiophene rings is 1. The summed E-state index contributed by atoms with van der Waals surface area (Å²) in [5, 5.41) is 2.82. The number of para-hydroxylation sites is 1. The van der Waals surface area contributed by atoms with Crippen LogP contribution in [-0.4, -0.2) is 38.8 Å². The van der Waals surface area contributed by atoms with E-state index in [1.807, 2.05) is 24.3 Å². The van der Waals surface area contributed by atoms with Gasteiger partial charge in [-0.15, -0.1) is 11.3 Å². The van der Waals surface area contributed by atoms with Crippen molar-refractivity contribution >= 4 is 27.3 Å². The Bertz CT molecular complexity index is 900. The van der Waals surface area contributed by atoms with Gasteiger partial charge in [-0.1, -0.05) is 25.1 Å². The molecule has 0 unspecified atom stereocenters. The molecule has 27 heavy (non-hydrogen) atoms. The molecule has 1 saturated heterocycles. The van der Waals surface area contributed by atoms with E-state index in [1.165, 1.54) is 10.4 Å². The van der Waals surface area contributed by atoms with E-state index in [0.29, 0.717) is 36.2 Å². The average Bonchev–Trinajstić information content (AvgIpc) is 3.18. The highest BCUT2D eigenvalue weighted by Crippen LogP contribution is 2.28. The van der Waals surface area contributed by atoms with E-state index in [9.17, 15) is 13.2 Å². The second-order valence-corrected chi connectivity index (χ2v) is 9.95. The number of hydrogen-bond donors (Lipinski definition) is 1. The normalized spacial score (nSPS) is 16.2. The second-order valence-electron chi connectivity index (χ2n) is 6.70. The minimum Gasteiger partial charge on any atom is -0.496 e. The summed E-state index contributed by atoms with van der Waals surface area (Å²) in [5.41, 5.74) is 0.861. The summed E-state index contributed by atoms with van der Waals surface area (Å²) in [6.45, 7) is 3.53. The number of nitrogens with one attached hydrogen (secondary N) is 1. The maximum atomic E-state index is 12.8. The van der Waals surface area contributed by atoms with Gasteiger partial charge in [0.05, 0.1) is 12.0 Å². The molecule has 0 saturated carbocycles. The van der Waals surface area contributed by atoms with Crippen molar-refractivity contribution in [2.45, 2.75) is 30.5 Å². The standard InChI is InChI=1S/C19H24N2O4S2/c1-14-9-11-21(12-10-14)27(23,24)18-8-7-17(26-18)19(22)20-13-15-5-3-4-6-16(15)25-2/h3-8,14H,9-13H2,1-2H3,(H,20,22). The van der Waals surface area contributed by atoms with Crippen molar-refractivity contribution in [2.75, 3.05) is 20.2 Å². The first-order chi connectivity index (χ1) is 12.9. The summed E-state index contributed by atoms with van der Waals surface area (Å²) in [4.78, 5) is 12.8. The molecule has 8 heteroatoms. The third kappa shape index (κ3) is 4.51. The molecule has 6 nitrogen and oxygen atoms in total. The summed E-state index contributed by atoms with van der Waals surface area (Å²) in [6.07, 6.45) is 1.74. The van der Waals surface area contributed by atoms with Gasteiger partial charge in [0, 0.05) is 25.2 Å². The lowest BCUT2D eigenvalue weighted by atomic mass is 10.0. The highest BCUT2D eigenvalue weighted by molar-refractivity contribution is 7.91. The summed E-state index contributed by atoms with van der Waals surface area (Å²) >= 11 is 1.01. The van der Waals surface area contributed by atoms with Crippen LogP contribution in [-0.2, 0) is 16.6 Å². The Labute approximate surface area is 164 Å². The molecule has 1 aromatic heterocycles. The average molecular weight is 409 g/mol. The van der Waals surface area contributed by atoms with E-state index < -0.39 is 10.0 Å². The maximum Gasteiger partial charge on any atom is 0.261 e. The first-order valence-corrected chi connectivity index (χ1v) is 11.2. The van der Waals surface area contributed by atoms with Gasteiger partial charge in [0.15, 0.2) is 0 Å². The van der Waals surface area contributed by atoms with E-state index in [2.05, 4.69) is 12.2 Å². The van der Waals surface area contributed by atoms with Crippen molar-refractivity contribution in [1.29, 1.82) is 0 Å². The van der Waals surface area contributed by atoms with E-state index in [4.69, 9.17) is 4.74 Å². The number of rotatable bonds is 6. The fraction of sp³-hybridized carbons (Fsp3) is 0.421. The fourth-order valence-corrected chi connectivity index (χ4v) is 5.89. The zero-order chi connectivity index (χ0) is 19.4. The van der Waals surface area contributed by atoms with Gasteiger partial charge < -0.3 is 10.1 Å². The molecule has 0 bridgehead atoms. The summed E-state index contributed by atoms with van der Waals surface area (Å²) in [6, 6.07) is 10.5. The number of nitrogens with zero attached hydrogens (tertiary/aromatic N) is 1. The molecule has 3 rings (SSSR count). The van der Waals surface area contributed by atoms with Gasteiger partial charge >= 0.3 is 0 Å². The lowest BCUT2D eigenvalue weighted by Crippen LogP contribution is -2.37. The van der Waals surface area contributed by atoms with Gasteiger partial charge in [0.25, 0.3) is 15.9 Å². The van der Waals surface area contributed by atoms with E-state index in [-0.39, 0.29) is 10.1 Å². The molecule has 2 heterocycles. The largest absolute Gasteiger partial charge is 0.496 e. The van der Waals surface area contributed by atoms with Crippen LogP contribution in [0.15, 0.2) is 40.6 Å². The Morgan fingerprint density at radius 2 is 1.93 bits per heavy atom. The van der Waals surface area contributed by atoms with Crippen LogP contribution in [0.5, 0.6) is 5.75 Å². The van der Waals surface area contributed by atoms with E-state index in [1.54, 1.807) is 13.2 Å². The quantitative estimate of drug-likeness (QED) is 0.797. The van der Waals surface area contributed by atoms with Gasteiger partial charge in [-0.3, -0.25) is 4.79 Å². The van der Waals surface area contributed by atoms with Crippen LogP contribution in [0.2, 0.25) is 0 Å².